The molecular weight excluding hydrogens is 364 g/mol. The molecule has 1 aromatic heterocycles. The summed E-state index contributed by atoms with van der Waals surface area (Å²) < 4.78 is 31.6. The first-order valence-electron chi connectivity index (χ1n) is 7.03. The summed E-state index contributed by atoms with van der Waals surface area (Å²) in [5, 5.41) is 0. The number of piperazine rings is 1. The number of thiophene rings is 1. The molecule has 0 atom stereocenters. The Hall–Kier alpha value is -1.16. The van der Waals surface area contributed by atoms with E-state index in [0.29, 0.717) is 4.34 Å². The van der Waals surface area contributed by atoms with E-state index < -0.39 is 16.0 Å². The molecule has 23 heavy (non-hydrogen) atoms. The molecule has 1 saturated heterocycles. The van der Waals surface area contributed by atoms with Crippen molar-refractivity contribution in [2.75, 3.05) is 32.8 Å². The van der Waals surface area contributed by atoms with Gasteiger partial charge in [-0.3, -0.25) is 9.59 Å². The van der Waals surface area contributed by atoms with Gasteiger partial charge in [-0.05, 0) is 12.1 Å². The van der Waals surface area contributed by atoms with Crippen molar-refractivity contribution in [1.82, 2.24) is 9.21 Å². The second kappa shape index (κ2) is 7.61. The number of halogens is 1. The van der Waals surface area contributed by atoms with Gasteiger partial charge in [0, 0.05) is 32.6 Å². The lowest BCUT2D eigenvalue weighted by Crippen LogP contribution is -2.51. The van der Waals surface area contributed by atoms with Crippen molar-refractivity contribution in [3.05, 3.63) is 16.5 Å². The molecule has 1 aliphatic rings. The predicted octanol–water partition coefficient (Wildman–Crippen LogP) is 1.19. The van der Waals surface area contributed by atoms with Crippen LogP contribution in [-0.4, -0.2) is 62.3 Å². The van der Waals surface area contributed by atoms with Gasteiger partial charge in [0.25, 0.3) is 15.9 Å². The largest absolute Gasteiger partial charge is 0.456 e. The molecule has 128 valence electrons. The number of hydrogen-bond donors (Lipinski definition) is 0. The average Bonchev–Trinajstić information content (AvgIpc) is 2.99. The van der Waals surface area contributed by atoms with Crippen LogP contribution in [0.4, 0.5) is 0 Å². The highest BCUT2D eigenvalue weighted by atomic mass is 35.5. The minimum Gasteiger partial charge on any atom is -0.456 e. The third-order valence-corrected chi connectivity index (χ3v) is 6.98. The van der Waals surface area contributed by atoms with Crippen molar-refractivity contribution in [3.63, 3.8) is 0 Å². The molecule has 2 heterocycles. The Morgan fingerprint density at radius 3 is 2.43 bits per heavy atom. The molecule has 10 heteroatoms. The number of sulfonamides is 1. The molecule has 1 fully saturated rings. The van der Waals surface area contributed by atoms with Crippen LogP contribution in [0.2, 0.25) is 4.34 Å². The lowest BCUT2D eigenvalue weighted by Gasteiger charge is -2.33. The SMILES string of the molecule is CCC(=O)OCC(=O)N1CCN(S(=O)(=O)c2ccc(Cl)s2)CC1. The Bertz CT molecular complexity index is 680. The van der Waals surface area contributed by atoms with Gasteiger partial charge in [-0.1, -0.05) is 18.5 Å². The Morgan fingerprint density at radius 2 is 1.91 bits per heavy atom. The van der Waals surface area contributed by atoms with Crippen molar-refractivity contribution in [1.29, 1.82) is 0 Å². The van der Waals surface area contributed by atoms with Gasteiger partial charge in [0.05, 0.1) is 4.34 Å². The third-order valence-electron chi connectivity index (χ3n) is 3.38. The monoisotopic (exact) mass is 380 g/mol. The van der Waals surface area contributed by atoms with Gasteiger partial charge in [-0.15, -0.1) is 11.3 Å². The van der Waals surface area contributed by atoms with E-state index in [4.69, 9.17) is 16.3 Å². The van der Waals surface area contributed by atoms with Crippen LogP contribution in [0.25, 0.3) is 0 Å². The summed E-state index contributed by atoms with van der Waals surface area (Å²) in [6.07, 6.45) is 0.211. The molecule has 0 bridgehead atoms. The second-order valence-electron chi connectivity index (χ2n) is 4.86. The zero-order valence-electron chi connectivity index (χ0n) is 12.5. The lowest BCUT2D eigenvalue weighted by molar-refractivity contribution is -0.152. The normalized spacial score (nSPS) is 16.3. The van der Waals surface area contributed by atoms with Gasteiger partial charge in [-0.2, -0.15) is 4.31 Å². The van der Waals surface area contributed by atoms with Crippen molar-refractivity contribution >= 4 is 44.8 Å². The summed E-state index contributed by atoms with van der Waals surface area (Å²) in [6, 6.07) is 3.02. The molecule has 0 unspecified atom stereocenters. The topological polar surface area (TPSA) is 84.0 Å². The molecular formula is C13H17ClN2O5S2. The highest BCUT2D eigenvalue weighted by Crippen LogP contribution is 2.28. The van der Waals surface area contributed by atoms with E-state index in [0.717, 1.165) is 11.3 Å². The van der Waals surface area contributed by atoms with Crippen LogP contribution in [0.15, 0.2) is 16.3 Å². The first-order chi connectivity index (χ1) is 10.8. The number of rotatable bonds is 5. The zero-order valence-corrected chi connectivity index (χ0v) is 14.9. The van der Waals surface area contributed by atoms with E-state index >= 15 is 0 Å². The number of carbonyl (C=O) groups is 2. The molecule has 1 amide bonds. The third kappa shape index (κ3) is 4.43. The number of hydrogen-bond acceptors (Lipinski definition) is 6. The van der Waals surface area contributed by atoms with E-state index in [2.05, 4.69) is 0 Å². The Labute approximate surface area is 143 Å². The van der Waals surface area contributed by atoms with Gasteiger partial charge in [0.15, 0.2) is 6.61 Å². The number of carbonyl (C=O) groups excluding carboxylic acids is 2. The van der Waals surface area contributed by atoms with E-state index in [-0.39, 0.29) is 49.3 Å². The van der Waals surface area contributed by atoms with E-state index in [1.165, 1.54) is 15.3 Å². The van der Waals surface area contributed by atoms with Crippen molar-refractivity contribution in [2.45, 2.75) is 17.6 Å². The molecule has 0 saturated carbocycles. The Morgan fingerprint density at radius 1 is 1.26 bits per heavy atom. The highest BCUT2D eigenvalue weighted by Gasteiger charge is 2.31. The molecule has 0 N–H and O–H groups in total. The quantitative estimate of drug-likeness (QED) is 0.716. The Kier molecular flexibility index (Phi) is 6.01. The molecule has 0 spiro atoms. The average molecular weight is 381 g/mol. The fraction of sp³-hybridized carbons (Fsp3) is 0.538. The van der Waals surface area contributed by atoms with Crippen LogP contribution < -0.4 is 0 Å². The predicted molar refractivity (Wildman–Crippen MR) is 85.9 cm³/mol. The summed E-state index contributed by atoms with van der Waals surface area (Å²) >= 11 is 6.79. The fourth-order valence-corrected chi connectivity index (χ4v) is 5.14. The lowest BCUT2D eigenvalue weighted by atomic mass is 10.3. The minimum atomic E-state index is -3.58. The summed E-state index contributed by atoms with van der Waals surface area (Å²) in [4.78, 5) is 24.5. The number of amides is 1. The smallest absolute Gasteiger partial charge is 0.306 e. The maximum atomic E-state index is 12.4. The maximum absolute atomic E-state index is 12.4. The summed E-state index contributed by atoms with van der Waals surface area (Å²) in [6.45, 7) is 2.27. The van der Waals surface area contributed by atoms with E-state index in [1.54, 1.807) is 13.0 Å². The van der Waals surface area contributed by atoms with Gasteiger partial charge in [0.2, 0.25) is 0 Å². The highest BCUT2D eigenvalue weighted by molar-refractivity contribution is 7.91. The van der Waals surface area contributed by atoms with Gasteiger partial charge < -0.3 is 9.64 Å². The van der Waals surface area contributed by atoms with Crippen LogP contribution >= 0.6 is 22.9 Å². The van der Waals surface area contributed by atoms with Crippen molar-refractivity contribution < 1.29 is 22.7 Å². The molecule has 0 aromatic carbocycles. The van der Waals surface area contributed by atoms with Crippen LogP contribution in [0, 0.1) is 0 Å². The van der Waals surface area contributed by atoms with Gasteiger partial charge in [-0.25, -0.2) is 8.42 Å². The maximum Gasteiger partial charge on any atom is 0.306 e. The van der Waals surface area contributed by atoms with Crippen LogP contribution in [0.1, 0.15) is 13.3 Å². The summed E-state index contributed by atoms with van der Waals surface area (Å²) in [7, 11) is -3.58. The molecule has 1 aromatic rings. The molecule has 0 aliphatic carbocycles. The molecule has 7 nitrogen and oxygen atoms in total. The van der Waals surface area contributed by atoms with E-state index in [9.17, 15) is 18.0 Å². The number of nitrogens with zero attached hydrogens (tertiary/aromatic N) is 2. The Balaban J connectivity index is 1.91. The van der Waals surface area contributed by atoms with Crippen molar-refractivity contribution in [3.8, 4) is 0 Å². The molecule has 1 aliphatic heterocycles. The number of esters is 1. The van der Waals surface area contributed by atoms with Crippen LogP contribution in [0.5, 0.6) is 0 Å². The van der Waals surface area contributed by atoms with Gasteiger partial charge in [0.1, 0.15) is 4.21 Å². The van der Waals surface area contributed by atoms with Crippen LogP contribution in [-0.2, 0) is 24.3 Å². The first kappa shape index (κ1) is 18.2. The van der Waals surface area contributed by atoms with Crippen molar-refractivity contribution in [2.24, 2.45) is 0 Å². The second-order valence-corrected chi connectivity index (χ2v) is 8.74. The fourth-order valence-electron chi connectivity index (χ4n) is 2.08. The standard InChI is InChI=1S/C13H17ClN2O5S2/c1-2-12(18)21-9-11(17)15-5-7-16(8-6-15)23(19,20)13-4-3-10(14)22-13/h3-4H,2,5-9H2,1H3. The van der Waals surface area contributed by atoms with E-state index in [1.807, 2.05) is 0 Å². The number of ether oxygens (including phenoxy) is 1. The minimum absolute atomic E-state index is 0.194. The first-order valence-corrected chi connectivity index (χ1v) is 9.67. The zero-order chi connectivity index (χ0) is 17.0. The van der Waals surface area contributed by atoms with Crippen LogP contribution in [0.3, 0.4) is 0 Å². The summed E-state index contributed by atoms with van der Waals surface area (Å²) in [5.74, 6) is -0.753. The molecule has 2 rings (SSSR count). The molecule has 0 radical (unpaired) electrons. The summed E-state index contributed by atoms with van der Waals surface area (Å²) in [5.41, 5.74) is 0. The van der Waals surface area contributed by atoms with Gasteiger partial charge >= 0.3 is 5.97 Å².